The maximum atomic E-state index is 5.45. The lowest BCUT2D eigenvalue weighted by Crippen LogP contribution is -2.07. The number of rotatable bonds is 2. The minimum absolute atomic E-state index is 0.498. The van der Waals surface area contributed by atoms with Crippen LogP contribution in [0.4, 0.5) is 0 Å². The summed E-state index contributed by atoms with van der Waals surface area (Å²) in [4.78, 5) is 7.76. The summed E-state index contributed by atoms with van der Waals surface area (Å²) in [7, 11) is 0. The van der Waals surface area contributed by atoms with Gasteiger partial charge < -0.3 is 4.98 Å². The van der Waals surface area contributed by atoms with Gasteiger partial charge in [0.25, 0.3) is 0 Å². The zero-order valence-corrected chi connectivity index (χ0v) is 13.2. The maximum Gasteiger partial charge on any atom is 0.179 e. The zero-order valence-electron chi connectivity index (χ0n) is 10.0. The molecule has 1 N–H and O–H groups in total. The number of halogens is 1. The second kappa shape index (κ2) is 4.98. The number of H-pyrrole nitrogens is 1. The van der Waals surface area contributed by atoms with Gasteiger partial charge in [-0.25, -0.2) is 4.98 Å². The Morgan fingerprint density at radius 2 is 2.39 bits per heavy atom. The normalized spacial score (nSPS) is 23.9. The van der Waals surface area contributed by atoms with Crippen LogP contribution in [0.25, 0.3) is 11.2 Å². The van der Waals surface area contributed by atoms with Crippen LogP contribution in [0.15, 0.2) is 16.7 Å². The molecule has 96 valence electrons. The Morgan fingerprint density at radius 1 is 1.56 bits per heavy atom. The van der Waals surface area contributed by atoms with Crippen LogP contribution in [0.5, 0.6) is 0 Å². The molecular formula is C12H14BrN3S2. The Hall–Kier alpha value is -0.330. The molecule has 0 radical (unpaired) electrons. The topological polar surface area (TPSA) is 33.6 Å². The number of hydrogen-bond donors (Lipinski definition) is 1. The molecule has 1 aliphatic carbocycles. The quantitative estimate of drug-likeness (QED) is 0.824. The second-order valence-corrected chi connectivity index (χ2v) is 7.09. The molecule has 1 saturated carbocycles. The molecule has 18 heavy (non-hydrogen) atoms. The molecule has 6 heteroatoms. The molecule has 0 spiro atoms. The highest BCUT2D eigenvalue weighted by molar-refractivity contribution is 9.10. The predicted octanol–water partition coefficient (Wildman–Crippen LogP) is 4.31. The Labute approximate surface area is 124 Å². The third kappa shape index (κ3) is 2.14. The van der Waals surface area contributed by atoms with Crippen molar-refractivity contribution in [3.8, 4) is 0 Å². The van der Waals surface area contributed by atoms with E-state index in [1.54, 1.807) is 0 Å². The van der Waals surface area contributed by atoms with Crippen LogP contribution in [0.3, 0.4) is 0 Å². The molecule has 2 atom stereocenters. The third-order valence-electron chi connectivity index (χ3n) is 3.58. The van der Waals surface area contributed by atoms with Gasteiger partial charge in [0.05, 0.1) is 5.52 Å². The molecule has 2 aromatic heterocycles. The molecule has 1 fully saturated rings. The number of fused-ring (bicyclic) bond motifs is 1. The minimum Gasteiger partial charge on any atom is -0.329 e. The van der Waals surface area contributed by atoms with Gasteiger partial charge in [-0.1, -0.05) is 0 Å². The van der Waals surface area contributed by atoms with E-state index in [4.69, 9.17) is 12.2 Å². The summed E-state index contributed by atoms with van der Waals surface area (Å²) in [6.45, 7) is 0. The number of imidazole rings is 1. The Bertz CT molecular complexity index is 634. The Morgan fingerprint density at radius 3 is 3.11 bits per heavy atom. The lowest BCUT2D eigenvalue weighted by atomic mass is 10.2. The predicted molar refractivity (Wildman–Crippen MR) is 82.8 cm³/mol. The van der Waals surface area contributed by atoms with Crippen LogP contribution < -0.4 is 0 Å². The Balaban J connectivity index is 2.07. The van der Waals surface area contributed by atoms with Crippen molar-refractivity contribution < 1.29 is 0 Å². The summed E-state index contributed by atoms with van der Waals surface area (Å²) in [5, 5.41) is 0.761. The first-order chi connectivity index (χ1) is 8.69. The van der Waals surface area contributed by atoms with Crippen molar-refractivity contribution in [2.75, 3.05) is 6.26 Å². The summed E-state index contributed by atoms with van der Waals surface area (Å²) >= 11 is 10.9. The molecule has 3 nitrogen and oxygen atoms in total. The van der Waals surface area contributed by atoms with E-state index in [0.29, 0.717) is 6.04 Å². The SMILES string of the molecule is CSC1CCC(n2c(=S)[nH]c3cc(Br)cnc32)C1. The monoisotopic (exact) mass is 343 g/mol. The molecule has 3 rings (SSSR count). The fourth-order valence-corrected chi connectivity index (χ4v) is 4.16. The van der Waals surface area contributed by atoms with Crippen LogP contribution in [-0.4, -0.2) is 26.0 Å². The summed E-state index contributed by atoms with van der Waals surface area (Å²) in [6.07, 6.45) is 7.70. The molecular weight excluding hydrogens is 330 g/mol. The fraction of sp³-hybridized carbons (Fsp3) is 0.500. The number of aromatic amines is 1. The lowest BCUT2D eigenvalue weighted by Gasteiger charge is -2.12. The summed E-state index contributed by atoms with van der Waals surface area (Å²) in [6, 6.07) is 2.53. The van der Waals surface area contributed by atoms with Crippen LogP contribution >= 0.6 is 39.9 Å². The first-order valence-corrected chi connectivity index (χ1v) is 8.46. The van der Waals surface area contributed by atoms with Crippen molar-refractivity contribution in [1.82, 2.24) is 14.5 Å². The third-order valence-corrected chi connectivity index (χ3v) is 5.40. The van der Waals surface area contributed by atoms with Crippen LogP contribution in [0, 0.1) is 4.77 Å². The highest BCUT2D eigenvalue weighted by Gasteiger charge is 2.27. The van der Waals surface area contributed by atoms with Gasteiger partial charge in [-0.15, -0.1) is 0 Å². The molecule has 0 aliphatic heterocycles. The smallest absolute Gasteiger partial charge is 0.179 e. The van der Waals surface area contributed by atoms with E-state index in [1.165, 1.54) is 19.3 Å². The Kier molecular flexibility index (Phi) is 3.51. The van der Waals surface area contributed by atoms with Gasteiger partial charge in [-0.3, -0.25) is 4.57 Å². The summed E-state index contributed by atoms with van der Waals surface area (Å²) < 4.78 is 3.97. The minimum atomic E-state index is 0.498. The average Bonchev–Trinajstić information content (AvgIpc) is 2.91. The van der Waals surface area contributed by atoms with Crippen molar-refractivity contribution in [2.24, 2.45) is 0 Å². The van der Waals surface area contributed by atoms with Crippen LogP contribution in [0.1, 0.15) is 25.3 Å². The van der Waals surface area contributed by atoms with E-state index in [2.05, 4.69) is 36.7 Å². The van der Waals surface area contributed by atoms with Crippen molar-refractivity contribution in [3.05, 3.63) is 21.5 Å². The fourth-order valence-electron chi connectivity index (χ4n) is 2.69. The van der Waals surface area contributed by atoms with Crippen LogP contribution in [-0.2, 0) is 0 Å². The lowest BCUT2D eigenvalue weighted by molar-refractivity contribution is 0.524. The number of nitrogens with zero attached hydrogens (tertiary/aromatic N) is 2. The number of nitrogens with one attached hydrogen (secondary N) is 1. The second-order valence-electron chi connectivity index (χ2n) is 4.65. The van der Waals surface area contributed by atoms with Gasteiger partial charge in [0.2, 0.25) is 0 Å². The highest BCUT2D eigenvalue weighted by Crippen LogP contribution is 2.37. The standard InChI is InChI=1S/C12H14BrN3S2/c1-18-9-3-2-8(5-9)16-11-10(15-12(16)17)4-7(13)6-14-11/h4,6,8-9H,2-3,5H2,1H3,(H,15,17). The zero-order chi connectivity index (χ0) is 12.7. The van der Waals surface area contributed by atoms with Gasteiger partial charge in [-0.05, 0) is 59.7 Å². The highest BCUT2D eigenvalue weighted by atomic mass is 79.9. The molecule has 1 aliphatic rings. The number of thioether (sulfide) groups is 1. The molecule has 0 saturated heterocycles. The molecule has 2 heterocycles. The van der Waals surface area contributed by atoms with Crippen molar-refractivity contribution in [3.63, 3.8) is 0 Å². The van der Waals surface area contributed by atoms with Gasteiger partial charge >= 0.3 is 0 Å². The van der Waals surface area contributed by atoms with E-state index in [1.807, 2.05) is 24.0 Å². The van der Waals surface area contributed by atoms with E-state index in [-0.39, 0.29) is 0 Å². The number of hydrogen-bond acceptors (Lipinski definition) is 3. The molecule has 0 bridgehead atoms. The van der Waals surface area contributed by atoms with Crippen molar-refractivity contribution >= 4 is 51.1 Å². The number of aromatic nitrogens is 3. The van der Waals surface area contributed by atoms with Gasteiger partial charge in [0.15, 0.2) is 10.4 Å². The maximum absolute atomic E-state index is 5.45. The summed E-state index contributed by atoms with van der Waals surface area (Å²) in [5.74, 6) is 0. The van der Waals surface area contributed by atoms with Crippen molar-refractivity contribution in [1.29, 1.82) is 0 Å². The average molecular weight is 344 g/mol. The first kappa shape index (κ1) is 12.7. The molecule has 2 unspecified atom stereocenters. The first-order valence-electron chi connectivity index (χ1n) is 5.97. The van der Waals surface area contributed by atoms with Gasteiger partial charge in [0, 0.05) is 22.0 Å². The summed E-state index contributed by atoms with van der Waals surface area (Å²) in [5.41, 5.74) is 2.00. The number of pyridine rings is 1. The van der Waals surface area contributed by atoms with Gasteiger partial charge in [0.1, 0.15) is 0 Å². The van der Waals surface area contributed by atoms with Crippen LogP contribution in [0.2, 0.25) is 0 Å². The van der Waals surface area contributed by atoms with E-state index >= 15 is 0 Å². The van der Waals surface area contributed by atoms with Crippen molar-refractivity contribution in [2.45, 2.75) is 30.6 Å². The van der Waals surface area contributed by atoms with E-state index in [0.717, 1.165) is 25.7 Å². The van der Waals surface area contributed by atoms with Gasteiger partial charge in [-0.2, -0.15) is 11.8 Å². The van der Waals surface area contributed by atoms with E-state index in [9.17, 15) is 0 Å². The van der Waals surface area contributed by atoms with E-state index < -0.39 is 0 Å². The molecule has 2 aromatic rings. The molecule has 0 aromatic carbocycles. The largest absolute Gasteiger partial charge is 0.329 e. The molecule has 0 amide bonds.